The lowest BCUT2D eigenvalue weighted by molar-refractivity contribution is -0.0528. The predicted octanol–water partition coefficient (Wildman–Crippen LogP) is 0.660. The molecule has 2 N–H and O–H groups in total. The van der Waals surface area contributed by atoms with Gasteiger partial charge in [-0.1, -0.05) is 0 Å². The number of halogens is 2. The number of aromatic nitrogens is 2. The molecule has 0 aliphatic rings. The van der Waals surface area contributed by atoms with E-state index in [1.54, 1.807) is 0 Å². The number of hydrogen-bond acceptors (Lipinski definition) is 4. The Labute approximate surface area is 61.0 Å². The summed E-state index contributed by atoms with van der Waals surface area (Å²) in [5, 5.41) is 0. The summed E-state index contributed by atoms with van der Waals surface area (Å²) in [6.45, 7) is -2.88. The Morgan fingerprint density at radius 1 is 1.45 bits per heavy atom. The van der Waals surface area contributed by atoms with Crippen molar-refractivity contribution in [2.24, 2.45) is 0 Å². The molecule has 0 unspecified atom stereocenters. The first-order valence-corrected chi connectivity index (χ1v) is 2.71. The Hall–Kier alpha value is -1.46. The highest BCUT2D eigenvalue weighted by atomic mass is 19.3. The van der Waals surface area contributed by atoms with E-state index in [0.717, 1.165) is 12.4 Å². The molecule has 0 bridgehead atoms. The molecule has 0 amide bonds. The van der Waals surface area contributed by atoms with Crippen LogP contribution in [0.5, 0.6) is 5.88 Å². The van der Waals surface area contributed by atoms with Gasteiger partial charge in [-0.2, -0.15) is 8.78 Å². The highest BCUT2D eigenvalue weighted by Gasteiger charge is 2.04. The summed E-state index contributed by atoms with van der Waals surface area (Å²) in [5.41, 5.74) is 5.16. The zero-order valence-electron chi connectivity index (χ0n) is 5.37. The van der Waals surface area contributed by atoms with E-state index in [2.05, 4.69) is 14.7 Å². The third kappa shape index (κ3) is 2.32. The monoisotopic (exact) mass is 161 g/mol. The first kappa shape index (κ1) is 7.64. The third-order valence-corrected chi connectivity index (χ3v) is 0.873. The van der Waals surface area contributed by atoms with E-state index in [1.807, 2.05) is 0 Å². The van der Waals surface area contributed by atoms with Gasteiger partial charge < -0.3 is 10.5 Å². The summed E-state index contributed by atoms with van der Waals surface area (Å²) in [5.74, 6) is -0.136. The Balaban J connectivity index is 2.71. The van der Waals surface area contributed by atoms with Crippen molar-refractivity contribution in [2.45, 2.75) is 6.61 Å². The van der Waals surface area contributed by atoms with E-state index in [4.69, 9.17) is 5.73 Å². The van der Waals surface area contributed by atoms with Crippen molar-refractivity contribution < 1.29 is 13.5 Å². The van der Waals surface area contributed by atoms with Crippen molar-refractivity contribution in [1.29, 1.82) is 0 Å². The second-order valence-corrected chi connectivity index (χ2v) is 1.66. The largest absolute Gasteiger partial charge is 0.417 e. The van der Waals surface area contributed by atoms with Crippen molar-refractivity contribution in [3.05, 3.63) is 12.4 Å². The van der Waals surface area contributed by atoms with Crippen LogP contribution in [0.25, 0.3) is 0 Å². The van der Waals surface area contributed by atoms with Crippen LogP contribution in [0.1, 0.15) is 0 Å². The fraction of sp³-hybridized carbons (Fsp3) is 0.200. The fourth-order valence-corrected chi connectivity index (χ4v) is 0.509. The molecule has 0 aromatic carbocycles. The number of anilines is 1. The molecule has 4 nitrogen and oxygen atoms in total. The molecular formula is C5H5F2N3O. The predicted molar refractivity (Wildman–Crippen MR) is 33.1 cm³/mol. The summed E-state index contributed by atoms with van der Waals surface area (Å²) in [4.78, 5) is 6.88. The van der Waals surface area contributed by atoms with Crippen LogP contribution in [-0.2, 0) is 0 Å². The number of nitrogens with two attached hydrogens (primary N) is 1. The van der Waals surface area contributed by atoms with Crippen LogP contribution >= 0.6 is 0 Å². The molecule has 0 aliphatic carbocycles. The Morgan fingerprint density at radius 2 is 2.18 bits per heavy atom. The van der Waals surface area contributed by atoms with Crippen LogP contribution in [0.2, 0.25) is 0 Å². The molecule has 60 valence electrons. The summed E-state index contributed by atoms with van der Waals surface area (Å²) in [6, 6.07) is 1.12. The Morgan fingerprint density at radius 3 is 2.73 bits per heavy atom. The zero-order valence-corrected chi connectivity index (χ0v) is 5.37. The number of ether oxygens (including phenoxy) is 1. The molecule has 0 radical (unpaired) electrons. The van der Waals surface area contributed by atoms with Gasteiger partial charge in [0.1, 0.15) is 12.1 Å². The number of alkyl halides is 2. The summed E-state index contributed by atoms with van der Waals surface area (Å²) >= 11 is 0. The van der Waals surface area contributed by atoms with Gasteiger partial charge in [-0.15, -0.1) is 0 Å². The topological polar surface area (TPSA) is 61.0 Å². The van der Waals surface area contributed by atoms with Gasteiger partial charge in [-0.25, -0.2) is 9.97 Å². The van der Waals surface area contributed by atoms with Gasteiger partial charge in [0, 0.05) is 6.07 Å². The highest BCUT2D eigenvalue weighted by molar-refractivity contribution is 5.30. The van der Waals surface area contributed by atoms with Gasteiger partial charge in [-0.05, 0) is 0 Å². The van der Waals surface area contributed by atoms with E-state index in [0.29, 0.717) is 0 Å². The molecule has 0 fully saturated rings. The fourth-order valence-electron chi connectivity index (χ4n) is 0.509. The lowest BCUT2D eigenvalue weighted by Crippen LogP contribution is -2.04. The van der Waals surface area contributed by atoms with Gasteiger partial charge in [0.2, 0.25) is 5.88 Å². The van der Waals surface area contributed by atoms with Crippen LogP contribution in [0.4, 0.5) is 14.6 Å². The van der Waals surface area contributed by atoms with Crippen molar-refractivity contribution in [3.8, 4) is 5.88 Å². The van der Waals surface area contributed by atoms with E-state index in [1.165, 1.54) is 0 Å². The van der Waals surface area contributed by atoms with Crippen LogP contribution in [0.3, 0.4) is 0 Å². The molecule has 1 rings (SSSR count). The van der Waals surface area contributed by atoms with Gasteiger partial charge >= 0.3 is 6.61 Å². The standard InChI is InChI=1S/C5H5F2N3O/c6-5(7)11-4-1-3(8)9-2-10-4/h1-2,5H,(H2,8,9,10). The summed E-state index contributed by atoms with van der Waals surface area (Å²) in [6.07, 6.45) is 1.05. The van der Waals surface area contributed by atoms with E-state index < -0.39 is 6.61 Å². The minimum absolute atomic E-state index is 0.0932. The molecule has 6 heteroatoms. The molecule has 11 heavy (non-hydrogen) atoms. The maximum absolute atomic E-state index is 11.5. The first-order valence-electron chi connectivity index (χ1n) is 2.71. The van der Waals surface area contributed by atoms with Gasteiger partial charge in [0.05, 0.1) is 0 Å². The number of nitrogens with zero attached hydrogens (tertiary/aromatic N) is 2. The maximum atomic E-state index is 11.5. The Kier molecular flexibility index (Phi) is 2.15. The molecule has 0 aliphatic heterocycles. The normalized spacial score (nSPS) is 10.1. The number of rotatable bonds is 2. The van der Waals surface area contributed by atoms with Gasteiger partial charge in [0.15, 0.2) is 0 Å². The average Bonchev–Trinajstić information content (AvgIpc) is 1.85. The van der Waals surface area contributed by atoms with Crippen LogP contribution in [0, 0.1) is 0 Å². The second kappa shape index (κ2) is 3.09. The van der Waals surface area contributed by atoms with Crippen molar-refractivity contribution in [2.75, 3.05) is 5.73 Å². The van der Waals surface area contributed by atoms with Crippen molar-refractivity contribution >= 4 is 5.82 Å². The van der Waals surface area contributed by atoms with Gasteiger partial charge in [-0.3, -0.25) is 0 Å². The minimum atomic E-state index is -2.88. The van der Waals surface area contributed by atoms with Gasteiger partial charge in [0.25, 0.3) is 0 Å². The highest BCUT2D eigenvalue weighted by Crippen LogP contribution is 2.10. The van der Waals surface area contributed by atoms with E-state index in [9.17, 15) is 8.78 Å². The molecular weight excluding hydrogens is 156 g/mol. The number of nitrogen functional groups attached to an aromatic ring is 1. The summed E-state index contributed by atoms with van der Waals surface area (Å²) < 4.78 is 27.0. The zero-order chi connectivity index (χ0) is 8.27. The lowest BCUT2D eigenvalue weighted by atomic mass is 10.6. The lowest BCUT2D eigenvalue weighted by Gasteiger charge is -2.01. The molecule has 0 saturated carbocycles. The molecule has 1 aromatic heterocycles. The summed E-state index contributed by atoms with van der Waals surface area (Å²) in [7, 11) is 0. The maximum Gasteiger partial charge on any atom is 0.388 e. The molecule has 0 spiro atoms. The smallest absolute Gasteiger partial charge is 0.388 e. The molecule has 0 atom stereocenters. The van der Waals surface area contributed by atoms with E-state index in [-0.39, 0.29) is 11.7 Å². The molecule has 1 heterocycles. The molecule has 1 aromatic rings. The molecule has 0 saturated heterocycles. The quantitative estimate of drug-likeness (QED) is 0.692. The third-order valence-electron chi connectivity index (χ3n) is 0.873. The number of hydrogen-bond donors (Lipinski definition) is 1. The van der Waals surface area contributed by atoms with Crippen molar-refractivity contribution in [3.63, 3.8) is 0 Å². The second-order valence-electron chi connectivity index (χ2n) is 1.66. The van der Waals surface area contributed by atoms with Crippen LogP contribution < -0.4 is 10.5 Å². The van der Waals surface area contributed by atoms with Crippen molar-refractivity contribution in [1.82, 2.24) is 9.97 Å². The van der Waals surface area contributed by atoms with Crippen LogP contribution in [-0.4, -0.2) is 16.6 Å². The average molecular weight is 161 g/mol. The SMILES string of the molecule is Nc1cc(OC(F)F)ncn1. The van der Waals surface area contributed by atoms with Crippen LogP contribution in [0.15, 0.2) is 12.4 Å². The Bertz CT molecular complexity index is 243. The van der Waals surface area contributed by atoms with E-state index >= 15 is 0 Å². The minimum Gasteiger partial charge on any atom is -0.417 e. The first-order chi connectivity index (χ1) is 5.18.